The summed E-state index contributed by atoms with van der Waals surface area (Å²) in [7, 11) is 0. The Balaban J connectivity index is 1.39. The summed E-state index contributed by atoms with van der Waals surface area (Å²) in [6.07, 6.45) is 26.9. The fourth-order valence-corrected chi connectivity index (χ4v) is 6.37. The normalized spacial score (nSPS) is 11.8. The zero-order chi connectivity index (χ0) is 29.4. The number of hydrogen-bond acceptors (Lipinski definition) is 0. The summed E-state index contributed by atoms with van der Waals surface area (Å²) >= 11 is 0. The zero-order valence-electron chi connectivity index (χ0n) is 26.9. The number of unbranched alkanes of at least 4 members (excludes halogenated alkanes) is 14. The zero-order valence-corrected chi connectivity index (χ0v) is 26.9. The minimum atomic E-state index is 1.08. The first-order valence-corrected chi connectivity index (χ1v) is 17.4. The van der Waals surface area contributed by atoms with Crippen LogP contribution < -0.4 is 0 Å². The van der Waals surface area contributed by atoms with Crippen molar-refractivity contribution in [3.05, 3.63) is 120 Å². The lowest BCUT2D eigenvalue weighted by molar-refractivity contribution is -0.966. The SMILES string of the molecule is CCCCCCCCCCCC/C=C/CCCCCC[N+](Cc1ccccc1)(Cc1ccccc1)Cc1ccccc1. The molecule has 1 heteroatoms. The van der Waals surface area contributed by atoms with Crippen LogP contribution in [-0.2, 0) is 19.6 Å². The molecule has 0 saturated heterocycles. The van der Waals surface area contributed by atoms with Crippen LogP contribution in [0.5, 0.6) is 0 Å². The van der Waals surface area contributed by atoms with E-state index in [1.54, 1.807) is 0 Å². The molecule has 0 spiro atoms. The van der Waals surface area contributed by atoms with Gasteiger partial charge in [0.1, 0.15) is 19.6 Å². The highest BCUT2D eigenvalue weighted by Crippen LogP contribution is 2.26. The van der Waals surface area contributed by atoms with Crippen molar-refractivity contribution in [3.63, 3.8) is 0 Å². The van der Waals surface area contributed by atoms with E-state index < -0.39 is 0 Å². The predicted octanol–water partition coefficient (Wildman–Crippen LogP) is 12.2. The van der Waals surface area contributed by atoms with E-state index in [2.05, 4.69) is 110 Å². The molecule has 0 radical (unpaired) electrons. The van der Waals surface area contributed by atoms with Gasteiger partial charge in [-0.15, -0.1) is 0 Å². The largest absolute Gasteiger partial charge is 0.312 e. The average Bonchev–Trinajstić information content (AvgIpc) is 3.02. The van der Waals surface area contributed by atoms with Gasteiger partial charge in [-0.3, -0.25) is 0 Å². The third kappa shape index (κ3) is 15.0. The lowest BCUT2D eigenvalue weighted by atomic mass is 10.0. The number of allylic oxidation sites excluding steroid dienone is 2. The summed E-state index contributed by atoms with van der Waals surface area (Å²) in [4.78, 5) is 0. The van der Waals surface area contributed by atoms with Crippen molar-refractivity contribution in [3.8, 4) is 0 Å². The van der Waals surface area contributed by atoms with Gasteiger partial charge in [-0.1, -0.05) is 174 Å². The molecule has 3 aromatic carbocycles. The molecule has 0 saturated carbocycles. The molecule has 0 aromatic heterocycles. The first-order valence-electron chi connectivity index (χ1n) is 17.4. The number of quaternary nitrogens is 1. The molecule has 228 valence electrons. The van der Waals surface area contributed by atoms with Crippen molar-refractivity contribution >= 4 is 0 Å². The van der Waals surface area contributed by atoms with Gasteiger partial charge in [0, 0.05) is 16.7 Å². The van der Waals surface area contributed by atoms with E-state index >= 15 is 0 Å². The van der Waals surface area contributed by atoms with Crippen LogP contribution in [0.15, 0.2) is 103 Å². The van der Waals surface area contributed by atoms with Crippen molar-refractivity contribution in [1.82, 2.24) is 0 Å². The molecule has 0 fully saturated rings. The quantitative estimate of drug-likeness (QED) is 0.0574. The molecule has 0 bridgehead atoms. The van der Waals surface area contributed by atoms with Gasteiger partial charge in [0.15, 0.2) is 0 Å². The van der Waals surface area contributed by atoms with Gasteiger partial charge in [0.05, 0.1) is 6.54 Å². The molecule has 0 aliphatic carbocycles. The van der Waals surface area contributed by atoms with Crippen molar-refractivity contribution in [2.45, 2.75) is 129 Å². The Labute approximate surface area is 259 Å². The van der Waals surface area contributed by atoms with Crippen LogP contribution in [0.2, 0.25) is 0 Å². The first kappa shape index (κ1) is 33.9. The van der Waals surface area contributed by atoms with Crippen LogP contribution >= 0.6 is 0 Å². The van der Waals surface area contributed by atoms with Crippen LogP contribution in [0.1, 0.15) is 126 Å². The van der Waals surface area contributed by atoms with Crippen LogP contribution in [0, 0.1) is 0 Å². The van der Waals surface area contributed by atoms with Crippen molar-refractivity contribution in [2.24, 2.45) is 0 Å². The Morgan fingerprint density at radius 3 is 1.12 bits per heavy atom. The van der Waals surface area contributed by atoms with E-state index in [0.29, 0.717) is 0 Å². The lowest BCUT2D eigenvalue weighted by Gasteiger charge is -2.39. The maximum atomic E-state index is 2.45. The van der Waals surface area contributed by atoms with E-state index in [1.807, 2.05) is 0 Å². The van der Waals surface area contributed by atoms with Crippen LogP contribution in [-0.4, -0.2) is 11.0 Å². The minimum absolute atomic E-state index is 1.08. The summed E-state index contributed by atoms with van der Waals surface area (Å²) < 4.78 is 1.08. The van der Waals surface area contributed by atoms with Crippen LogP contribution in [0.3, 0.4) is 0 Å². The van der Waals surface area contributed by atoms with Crippen molar-refractivity contribution in [1.29, 1.82) is 0 Å². The highest BCUT2D eigenvalue weighted by atomic mass is 15.3. The summed E-state index contributed by atoms with van der Waals surface area (Å²) in [5.41, 5.74) is 4.32. The van der Waals surface area contributed by atoms with Gasteiger partial charge in [0.2, 0.25) is 0 Å². The highest BCUT2D eigenvalue weighted by Gasteiger charge is 2.28. The molecule has 0 amide bonds. The third-order valence-corrected chi connectivity index (χ3v) is 8.73. The fourth-order valence-electron chi connectivity index (χ4n) is 6.37. The smallest absolute Gasteiger partial charge is 0.105 e. The van der Waals surface area contributed by atoms with Gasteiger partial charge in [-0.2, -0.15) is 0 Å². The summed E-state index contributed by atoms with van der Waals surface area (Å²) in [5.74, 6) is 0. The molecule has 1 nitrogen and oxygen atoms in total. The van der Waals surface area contributed by atoms with Crippen molar-refractivity contribution < 1.29 is 4.48 Å². The molecule has 0 aliphatic rings. The topological polar surface area (TPSA) is 0 Å². The highest BCUT2D eigenvalue weighted by molar-refractivity contribution is 5.17. The maximum absolute atomic E-state index is 2.45. The van der Waals surface area contributed by atoms with Crippen LogP contribution in [0.4, 0.5) is 0 Å². The van der Waals surface area contributed by atoms with Crippen LogP contribution in [0.25, 0.3) is 0 Å². The Bertz CT molecular complexity index is 939. The Hall–Kier alpha value is -2.64. The average molecular weight is 567 g/mol. The predicted molar refractivity (Wildman–Crippen MR) is 184 cm³/mol. The van der Waals surface area contributed by atoms with E-state index in [0.717, 1.165) is 24.1 Å². The second-order valence-corrected chi connectivity index (χ2v) is 12.6. The third-order valence-electron chi connectivity index (χ3n) is 8.73. The monoisotopic (exact) mass is 566 g/mol. The van der Waals surface area contributed by atoms with E-state index in [1.165, 1.54) is 126 Å². The van der Waals surface area contributed by atoms with Gasteiger partial charge >= 0.3 is 0 Å². The molecule has 0 atom stereocenters. The number of rotatable bonds is 24. The Kier molecular flexibility index (Phi) is 17.7. The van der Waals surface area contributed by atoms with E-state index in [4.69, 9.17) is 0 Å². The molecular formula is C41H60N+. The molecule has 3 aromatic rings. The van der Waals surface area contributed by atoms with Crippen molar-refractivity contribution in [2.75, 3.05) is 6.54 Å². The molecule has 0 unspecified atom stereocenters. The Morgan fingerprint density at radius 1 is 0.405 bits per heavy atom. The van der Waals surface area contributed by atoms with Gasteiger partial charge in [-0.25, -0.2) is 0 Å². The van der Waals surface area contributed by atoms with E-state index in [-0.39, 0.29) is 0 Å². The summed E-state index contributed by atoms with van der Waals surface area (Å²) in [5, 5.41) is 0. The first-order chi connectivity index (χ1) is 20.8. The van der Waals surface area contributed by atoms with Gasteiger partial charge < -0.3 is 4.48 Å². The fraction of sp³-hybridized carbons (Fsp3) is 0.512. The number of hydrogen-bond donors (Lipinski definition) is 0. The molecular weight excluding hydrogens is 506 g/mol. The lowest BCUT2D eigenvalue weighted by Crippen LogP contribution is -2.46. The Morgan fingerprint density at radius 2 is 0.738 bits per heavy atom. The second kappa shape index (κ2) is 22.0. The molecule has 0 N–H and O–H groups in total. The van der Waals surface area contributed by atoms with Gasteiger partial charge in [0.25, 0.3) is 0 Å². The minimum Gasteiger partial charge on any atom is -0.312 e. The summed E-state index contributed by atoms with van der Waals surface area (Å²) in [6.45, 7) is 6.74. The molecule has 0 heterocycles. The molecule has 3 rings (SSSR count). The molecule has 42 heavy (non-hydrogen) atoms. The maximum Gasteiger partial charge on any atom is 0.105 e. The second-order valence-electron chi connectivity index (χ2n) is 12.6. The van der Waals surface area contributed by atoms with E-state index in [9.17, 15) is 0 Å². The standard InChI is InChI=1S/C41H60N/c1-2-3-4-5-6-7-8-9-10-11-12-13-14-15-16-17-18-28-35-42(36-39-29-22-19-23-30-39,37-40-31-24-20-25-32-40)38-41-33-26-21-27-34-41/h13-14,19-27,29-34H,2-12,15-18,28,35-38H2,1H3/q+1/b14-13+. The molecule has 0 aliphatic heterocycles. The van der Waals surface area contributed by atoms with Gasteiger partial charge in [-0.05, 0) is 38.5 Å². The number of nitrogens with zero attached hydrogens (tertiary/aromatic N) is 1. The summed E-state index contributed by atoms with van der Waals surface area (Å²) in [6, 6.07) is 33.4. The number of benzene rings is 3.